The number of rotatable bonds is 4. The lowest BCUT2D eigenvalue weighted by molar-refractivity contribution is -0.148. The fraction of sp³-hybridized carbons (Fsp3) is 0.846. The maximum atomic E-state index is 11.8. The van der Waals surface area contributed by atoms with Crippen LogP contribution in [0.5, 0.6) is 0 Å². The van der Waals surface area contributed by atoms with Gasteiger partial charge in [-0.2, -0.15) is 0 Å². The second-order valence-electron chi connectivity index (χ2n) is 6.01. The molecule has 2 aliphatic carbocycles. The minimum Gasteiger partial charge on any atom is -0.481 e. The van der Waals surface area contributed by atoms with Gasteiger partial charge in [0.15, 0.2) is 0 Å². The summed E-state index contributed by atoms with van der Waals surface area (Å²) >= 11 is 0. The molecule has 0 radical (unpaired) electrons. The van der Waals surface area contributed by atoms with Crippen LogP contribution in [0, 0.1) is 5.41 Å². The lowest BCUT2D eigenvalue weighted by Crippen LogP contribution is -2.55. The average molecular weight is 254 g/mol. The molecule has 5 nitrogen and oxygen atoms in total. The number of hydrogen-bond donors (Lipinski definition) is 3. The molecule has 2 aliphatic rings. The first kappa shape index (κ1) is 13.2. The Kier molecular flexibility index (Phi) is 3.50. The lowest BCUT2D eigenvalue weighted by Gasteiger charge is -2.39. The van der Waals surface area contributed by atoms with Crippen molar-refractivity contribution in [3.05, 3.63) is 0 Å². The number of carbonyl (C=O) groups is 2. The largest absolute Gasteiger partial charge is 0.481 e. The Hall–Kier alpha value is -1.26. The number of hydrogen-bond acceptors (Lipinski definition) is 2. The zero-order valence-corrected chi connectivity index (χ0v) is 10.9. The van der Waals surface area contributed by atoms with E-state index in [4.69, 9.17) is 0 Å². The van der Waals surface area contributed by atoms with Gasteiger partial charge in [0.05, 0.1) is 5.41 Å². The molecule has 0 saturated heterocycles. The van der Waals surface area contributed by atoms with Gasteiger partial charge in [-0.25, -0.2) is 4.79 Å². The van der Waals surface area contributed by atoms with Crippen LogP contribution in [-0.2, 0) is 4.79 Å². The van der Waals surface area contributed by atoms with E-state index in [1.807, 2.05) is 6.92 Å². The summed E-state index contributed by atoms with van der Waals surface area (Å²) in [5.41, 5.74) is -0.825. The molecule has 0 aromatic carbocycles. The first-order valence-electron chi connectivity index (χ1n) is 6.75. The molecular formula is C13H22N2O3. The summed E-state index contributed by atoms with van der Waals surface area (Å²) in [5.74, 6) is -0.782. The maximum Gasteiger partial charge on any atom is 0.315 e. The highest BCUT2D eigenvalue weighted by molar-refractivity contribution is 5.78. The molecule has 102 valence electrons. The van der Waals surface area contributed by atoms with Crippen LogP contribution in [0.3, 0.4) is 0 Å². The minimum atomic E-state index is -0.782. The van der Waals surface area contributed by atoms with Gasteiger partial charge in [-0.15, -0.1) is 0 Å². The van der Waals surface area contributed by atoms with Crippen LogP contribution in [0.1, 0.15) is 51.9 Å². The number of nitrogens with one attached hydrogen (secondary N) is 2. The normalized spacial score (nSPS) is 24.1. The van der Waals surface area contributed by atoms with Gasteiger partial charge in [0.1, 0.15) is 0 Å². The second-order valence-corrected chi connectivity index (χ2v) is 6.01. The Labute approximate surface area is 107 Å². The molecule has 0 bridgehead atoms. The molecule has 0 aliphatic heterocycles. The van der Waals surface area contributed by atoms with Crippen LogP contribution in [0.2, 0.25) is 0 Å². The van der Waals surface area contributed by atoms with Crippen LogP contribution in [-0.4, -0.2) is 29.2 Å². The molecule has 0 atom stereocenters. The smallest absolute Gasteiger partial charge is 0.315 e. The Bertz CT molecular complexity index is 344. The fourth-order valence-electron chi connectivity index (χ4n) is 2.92. The van der Waals surface area contributed by atoms with Crippen LogP contribution >= 0.6 is 0 Å². The van der Waals surface area contributed by atoms with E-state index in [2.05, 4.69) is 10.6 Å². The minimum absolute atomic E-state index is 0.0872. The van der Waals surface area contributed by atoms with E-state index >= 15 is 0 Å². The molecule has 2 rings (SSSR count). The molecular weight excluding hydrogens is 232 g/mol. The predicted octanol–water partition coefficient (Wildman–Crippen LogP) is 1.87. The molecule has 2 amide bonds. The molecule has 0 unspecified atom stereocenters. The van der Waals surface area contributed by atoms with Crippen molar-refractivity contribution in [2.24, 2.45) is 5.41 Å². The fourth-order valence-corrected chi connectivity index (χ4v) is 2.92. The van der Waals surface area contributed by atoms with Crippen molar-refractivity contribution in [1.29, 1.82) is 0 Å². The van der Waals surface area contributed by atoms with Gasteiger partial charge in [0.2, 0.25) is 0 Å². The monoisotopic (exact) mass is 254 g/mol. The van der Waals surface area contributed by atoms with Gasteiger partial charge in [-0.1, -0.05) is 12.8 Å². The van der Waals surface area contributed by atoms with Gasteiger partial charge in [-0.3, -0.25) is 4.79 Å². The van der Waals surface area contributed by atoms with Crippen molar-refractivity contribution in [2.75, 3.05) is 6.54 Å². The zero-order chi connectivity index (χ0) is 13.2. The Balaban J connectivity index is 1.82. The first-order chi connectivity index (χ1) is 8.46. The number of carbonyl (C=O) groups excluding carboxylic acids is 1. The van der Waals surface area contributed by atoms with Crippen molar-refractivity contribution >= 4 is 12.0 Å². The predicted molar refractivity (Wildman–Crippen MR) is 67.3 cm³/mol. The second kappa shape index (κ2) is 4.78. The summed E-state index contributed by atoms with van der Waals surface area (Å²) in [7, 11) is 0. The van der Waals surface area contributed by atoms with Crippen molar-refractivity contribution in [2.45, 2.75) is 57.4 Å². The van der Waals surface area contributed by atoms with E-state index in [0.29, 0.717) is 12.8 Å². The maximum absolute atomic E-state index is 11.8. The number of urea groups is 1. The highest BCUT2D eigenvalue weighted by Crippen LogP contribution is 2.37. The highest BCUT2D eigenvalue weighted by atomic mass is 16.4. The zero-order valence-electron chi connectivity index (χ0n) is 10.9. The summed E-state index contributed by atoms with van der Waals surface area (Å²) in [4.78, 5) is 23.1. The molecule has 0 aromatic rings. The lowest BCUT2D eigenvalue weighted by atomic mass is 9.79. The van der Waals surface area contributed by atoms with Crippen LogP contribution in [0.15, 0.2) is 0 Å². The van der Waals surface area contributed by atoms with Crippen LogP contribution < -0.4 is 10.6 Å². The van der Waals surface area contributed by atoms with E-state index in [1.165, 1.54) is 0 Å². The van der Waals surface area contributed by atoms with Gasteiger partial charge >= 0.3 is 12.0 Å². The number of carboxylic acids is 1. The van der Waals surface area contributed by atoms with Crippen LogP contribution in [0.4, 0.5) is 4.79 Å². The van der Waals surface area contributed by atoms with Crippen molar-refractivity contribution in [3.63, 3.8) is 0 Å². The number of amides is 2. The van der Waals surface area contributed by atoms with Crippen molar-refractivity contribution in [1.82, 2.24) is 10.6 Å². The molecule has 2 saturated carbocycles. The summed E-state index contributed by atoms with van der Waals surface area (Å²) in [6, 6.07) is -0.232. The molecule has 0 spiro atoms. The standard InChI is InChI=1S/C13H22N2O3/c1-12(5-4-6-12)15-11(18)14-9-13(10(16)17)7-2-3-8-13/h2-9H2,1H3,(H,16,17)(H2,14,15,18). The highest BCUT2D eigenvalue weighted by Gasteiger charge is 2.42. The Morgan fingerprint density at radius 1 is 1.11 bits per heavy atom. The summed E-state index contributed by atoms with van der Waals surface area (Å²) in [6.45, 7) is 2.27. The SMILES string of the molecule is CC1(NC(=O)NCC2(C(=O)O)CCCC2)CCC1. The number of carboxylic acid groups (broad SMARTS) is 1. The summed E-state index contributed by atoms with van der Waals surface area (Å²) in [6.07, 6.45) is 6.37. The molecule has 0 heterocycles. The molecule has 3 N–H and O–H groups in total. The van der Waals surface area contributed by atoms with Gasteiger partial charge in [0.25, 0.3) is 0 Å². The van der Waals surface area contributed by atoms with E-state index in [-0.39, 0.29) is 18.1 Å². The molecule has 0 aromatic heterocycles. The van der Waals surface area contributed by atoms with E-state index in [1.54, 1.807) is 0 Å². The molecule has 18 heavy (non-hydrogen) atoms. The van der Waals surface area contributed by atoms with Crippen molar-refractivity contribution in [3.8, 4) is 0 Å². The third-order valence-electron chi connectivity index (χ3n) is 4.47. The van der Waals surface area contributed by atoms with Gasteiger partial charge in [0, 0.05) is 12.1 Å². The molecule has 2 fully saturated rings. The van der Waals surface area contributed by atoms with Gasteiger partial charge in [-0.05, 0) is 39.0 Å². The van der Waals surface area contributed by atoms with E-state index in [0.717, 1.165) is 32.1 Å². The number of aliphatic carboxylic acids is 1. The summed E-state index contributed by atoms with van der Waals surface area (Å²) < 4.78 is 0. The van der Waals surface area contributed by atoms with E-state index < -0.39 is 11.4 Å². The topological polar surface area (TPSA) is 78.4 Å². The van der Waals surface area contributed by atoms with Crippen molar-refractivity contribution < 1.29 is 14.7 Å². The molecule has 5 heteroatoms. The quantitative estimate of drug-likeness (QED) is 0.716. The Morgan fingerprint density at radius 3 is 2.17 bits per heavy atom. The van der Waals surface area contributed by atoms with E-state index in [9.17, 15) is 14.7 Å². The summed E-state index contributed by atoms with van der Waals surface area (Å²) in [5, 5.41) is 15.0. The van der Waals surface area contributed by atoms with Crippen LogP contribution in [0.25, 0.3) is 0 Å². The average Bonchev–Trinajstić information content (AvgIpc) is 2.74. The third-order valence-corrected chi connectivity index (χ3v) is 4.47. The third kappa shape index (κ3) is 2.60. The first-order valence-corrected chi connectivity index (χ1v) is 6.75. The Morgan fingerprint density at radius 2 is 1.72 bits per heavy atom. The van der Waals surface area contributed by atoms with Gasteiger partial charge < -0.3 is 15.7 Å².